The molecule has 184 valence electrons. The van der Waals surface area contributed by atoms with Crippen molar-refractivity contribution >= 4 is 52.9 Å². The molecule has 0 atom stereocenters. The summed E-state index contributed by atoms with van der Waals surface area (Å²) >= 11 is 12.0. The smallest absolute Gasteiger partial charge is 0.343 e. The number of anilines is 1. The van der Waals surface area contributed by atoms with Crippen molar-refractivity contribution in [1.29, 1.82) is 0 Å². The van der Waals surface area contributed by atoms with Crippen LogP contribution < -0.4 is 15.5 Å². The van der Waals surface area contributed by atoms with E-state index < -0.39 is 17.8 Å². The van der Waals surface area contributed by atoms with E-state index in [-0.39, 0.29) is 27.6 Å². The van der Waals surface area contributed by atoms with Crippen molar-refractivity contribution in [3.8, 4) is 5.75 Å². The van der Waals surface area contributed by atoms with Crippen molar-refractivity contribution in [2.24, 2.45) is 5.10 Å². The molecule has 2 N–H and O–H groups in total. The summed E-state index contributed by atoms with van der Waals surface area (Å²) in [6, 6.07) is 26.3. The van der Waals surface area contributed by atoms with E-state index in [2.05, 4.69) is 15.8 Å². The maximum Gasteiger partial charge on any atom is 0.343 e. The van der Waals surface area contributed by atoms with E-state index in [1.54, 1.807) is 84.9 Å². The number of hydrazone groups is 1. The Balaban J connectivity index is 1.45. The van der Waals surface area contributed by atoms with Crippen LogP contribution in [0.3, 0.4) is 0 Å². The third-order valence-electron chi connectivity index (χ3n) is 5.10. The lowest BCUT2D eigenvalue weighted by molar-refractivity contribution is 0.0734. The van der Waals surface area contributed by atoms with E-state index in [1.807, 2.05) is 0 Å². The highest BCUT2D eigenvalue weighted by Crippen LogP contribution is 2.23. The molecule has 0 aliphatic carbocycles. The number of para-hydroxylation sites is 2. The lowest BCUT2D eigenvalue weighted by atomic mass is 10.1. The Kier molecular flexibility index (Phi) is 8.30. The fraction of sp³-hybridized carbons (Fsp3) is 0. The Morgan fingerprint density at radius 1 is 0.757 bits per heavy atom. The minimum absolute atomic E-state index is 0.182. The van der Waals surface area contributed by atoms with Gasteiger partial charge in [-0.1, -0.05) is 65.7 Å². The average Bonchev–Trinajstić information content (AvgIpc) is 2.90. The molecule has 4 rings (SSSR count). The van der Waals surface area contributed by atoms with E-state index in [0.29, 0.717) is 16.1 Å². The SMILES string of the molecule is O=C(Oc1ccccc1/C=N\NC(=O)c1ccccc1NC(=O)c1ccc(Cl)cc1Cl)c1ccccc1. The molecule has 0 aromatic heterocycles. The number of carbonyl (C=O) groups is 3. The second-order valence-electron chi connectivity index (χ2n) is 7.62. The van der Waals surface area contributed by atoms with Gasteiger partial charge in [0.15, 0.2) is 0 Å². The first-order valence-electron chi connectivity index (χ1n) is 11.0. The number of nitrogens with one attached hydrogen (secondary N) is 2. The molecule has 0 unspecified atom stereocenters. The lowest BCUT2D eigenvalue weighted by Gasteiger charge is -2.11. The molecule has 0 aliphatic rings. The molecule has 4 aromatic carbocycles. The summed E-state index contributed by atoms with van der Waals surface area (Å²) in [5.74, 6) is -1.30. The van der Waals surface area contributed by atoms with Crippen molar-refractivity contribution in [3.63, 3.8) is 0 Å². The van der Waals surface area contributed by atoms with Crippen LogP contribution in [0.4, 0.5) is 5.69 Å². The highest BCUT2D eigenvalue weighted by atomic mass is 35.5. The molecular formula is C28H19Cl2N3O4. The molecule has 0 heterocycles. The minimum Gasteiger partial charge on any atom is -0.422 e. The Labute approximate surface area is 222 Å². The number of amides is 2. The van der Waals surface area contributed by atoms with Gasteiger partial charge in [-0.25, -0.2) is 10.2 Å². The second-order valence-corrected chi connectivity index (χ2v) is 8.46. The maximum absolute atomic E-state index is 12.8. The van der Waals surface area contributed by atoms with Gasteiger partial charge >= 0.3 is 5.97 Å². The molecule has 4 aromatic rings. The van der Waals surface area contributed by atoms with Gasteiger partial charge in [0.05, 0.1) is 33.6 Å². The van der Waals surface area contributed by atoms with Gasteiger partial charge in [-0.3, -0.25) is 9.59 Å². The summed E-state index contributed by atoms with van der Waals surface area (Å²) in [6.45, 7) is 0. The number of carbonyl (C=O) groups excluding carboxylic acids is 3. The zero-order chi connectivity index (χ0) is 26.2. The Morgan fingerprint density at radius 2 is 1.46 bits per heavy atom. The minimum atomic E-state index is -0.562. The molecule has 0 aliphatic heterocycles. The van der Waals surface area contributed by atoms with Crippen LogP contribution in [-0.4, -0.2) is 24.0 Å². The van der Waals surface area contributed by atoms with Crippen molar-refractivity contribution in [2.45, 2.75) is 0 Å². The van der Waals surface area contributed by atoms with E-state index in [9.17, 15) is 14.4 Å². The fourth-order valence-corrected chi connectivity index (χ4v) is 3.78. The number of nitrogens with zero attached hydrogens (tertiary/aromatic N) is 1. The standard InChI is InChI=1S/C28H19Cl2N3O4/c29-20-14-15-21(23(30)16-20)26(34)32-24-12-6-5-11-22(24)27(35)33-31-17-19-10-4-7-13-25(19)37-28(36)18-8-2-1-3-9-18/h1-17H,(H,32,34)(H,33,35)/b31-17-. The van der Waals surface area contributed by atoms with Gasteiger partial charge in [0.1, 0.15) is 5.75 Å². The predicted octanol–water partition coefficient (Wildman–Crippen LogP) is 6.23. The Morgan fingerprint density at radius 3 is 2.24 bits per heavy atom. The Bertz CT molecular complexity index is 1490. The average molecular weight is 532 g/mol. The number of esters is 1. The molecule has 9 heteroatoms. The topological polar surface area (TPSA) is 96.9 Å². The van der Waals surface area contributed by atoms with Crippen LogP contribution in [0, 0.1) is 0 Å². The summed E-state index contributed by atoms with van der Waals surface area (Å²) < 4.78 is 5.49. The van der Waals surface area contributed by atoms with Crippen LogP contribution in [0.1, 0.15) is 36.6 Å². The normalized spacial score (nSPS) is 10.6. The number of hydrogen-bond acceptors (Lipinski definition) is 5. The molecule has 37 heavy (non-hydrogen) atoms. The van der Waals surface area contributed by atoms with E-state index in [1.165, 1.54) is 18.3 Å². The van der Waals surface area contributed by atoms with Crippen LogP contribution >= 0.6 is 23.2 Å². The molecule has 0 saturated carbocycles. The Hall–Kier alpha value is -4.46. The van der Waals surface area contributed by atoms with Crippen molar-refractivity contribution in [3.05, 3.63) is 129 Å². The molecule has 0 saturated heterocycles. The monoisotopic (exact) mass is 531 g/mol. The molecule has 0 spiro atoms. The van der Waals surface area contributed by atoms with Crippen LogP contribution in [0.5, 0.6) is 5.75 Å². The number of benzene rings is 4. The predicted molar refractivity (Wildman–Crippen MR) is 144 cm³/mol. The van der Waals surface area contributed by atoms with Crippen molar-refractivity contribution in [2.75, 3.05) is 5.32 Å². The third-order valence-corrected chi connectivity index (χ3v) is 5.64. The summed E-state index contributed by atoms with van der Waals surface area (Å²) in [5.41, 5.74) is 3.97. The highest BCUT2D eigenvalue weighted by molar-refractivity contribution is 6.37. The first-order chi connectivity index (χ1) is 17.9. The summed E-state index contributed by atoms with van der Waals surface area (Å²) in [5, 5.41) is 7.26. The first kappa shape index (κ1) is 25.6. The second kappa shape index (κ2) is 12.0. The van der Waals surface area contributed by atoms with Crippen molar-refractivity contribution in [1.82, 2.24) is 5.43 Å². The van der Waals surface area contributed by atoms with Gasteiger partial charge in [-0.15, -0.1) is 0 Å². The summed E-state index contributed by atoms with van der Waals surface area (Å²) in [4.78, 5) is 37.9. The third kappa shape index (κ3) is 6.61. The van der Waals surface area contributed by atoms with Crippen LogP contribution in [0.25, 0.3) is 0 Å². The number of rotatable bonds is 7. The van der Waals surface area contributed by atoms with Gasteiger partial charge < -0.3 is 10.1 Å². The molecule has 2 amide bonds. The van der Waals surface area contributed by atoms with Crippen LogP contribution in [-0.2, 0) is 0 Å². The van der Waals surface area contributed by atoms with Gasteiger partial charge in [0, 0.05) is 10.6 Å². The van der Waals surface area contributed by atoms with Crippen molar-refractivity contribution < 1.29 is 19.1 Å². The molecular weight excluding hydrogens is 513 g/mol. The molecule has 0 bridgehead atoms. The number of ether oxygens (including phenoxy) is 1. The molecule has 7 nitrogen and oxygen atoms in total. The fourth-order valence-electron chi connectivity index (χ4n) is 3.29. The highest BCUT2D eigenvalue weighted by Gasteiger charge is 2.16. The van der Waals surface area contributed by atoms with Gasteiger partial charge in [0.2, 0.25) is 0 Å². The molecule has 0 radical (unpaired) electrons. The largest absolute Gasteiger partial charge is 0.422 e. The lowest BCUT2D eigenvalue weighted by Crippen LogP contribution is -2.21. The first-order valence-corrected chi connectivity index (χ1v) is 11.7. The summed E-state index contributed by atoms with van der Waals surface area (Å²) in [7, 11) is 0. The number of hydrogen-bond donors (Lipinski definition) is 2. The van der Waals surface area contributed by atoms with E-state index in [4.69, 9.17) is 27.9 Å². The van der Waals surface area contributed by atoms with E-state index in [0.717, 1.165) is 0 Å². The molecule has 0 fully saturated rings. The summed E-state index contributed by atoms with van der Waals surface area (Å²) in [6.07, 6.45) is 1.36. The van der Waals surface area contributed by atoms with Gasteiger partial charge in [-0.05, 0) is 54.6 Å². The zero-order valence-electron chi connectivity index (χ0n) is 19.2. The quantitative estimate of drug-likeness (QED) is 0.128. The maximum atomic E-state index is 12.8. The number of halogens is 2. The van der Waals surface area contributed by atoms with E-state index >= 15 is 0 Å². The van der Waals surface area contributed by atoms with Crippen LogP contribution in [0.2, 0.25) is 10.0 Å². The van der Waals surface area contributed by atoms with Gasteiger partial charge in [-0.2, -0.15) is 5.10 Å². The van der Waals surface area contributed by atoms with Gasteiger partial charge in [0.25, 0.3) is 11.8 Å². The van der Waals surface area contributed by atoms with Crippen LogP contribution in [0.15, 0.2) is 102 Å². The zero-order valence-corrected chi connectivity index (χ0v) is 20.7.